The Morgan fingerprint density at radius 1 is 1.39 bits per heavy atom. The molecule has 1 aliphatic rings. The van der Waals surface area contributed by atoms with Crippen LogP contribution in [0.3, 0.4) is 0 Å². The molecule has 0 radical (unpaired) electrons. The lowest BCUT2D eigenvalue weighted by molar-refractivity contribution is -0.142. The van der Waals surface area contributed by atoms with E-state index in [0.717, 1.165) is 18.4 Å². The minimum absolute atomic E-state index is 0.0754. The molecule has 0 aromatic carbocycles. The van der Waals surface area contributed by atoms with Crippen LogP contribution in [0.4, 0.5) is 10.6 Å². The summed E-state index contributed by atoms with van der Waals surface area (Å²) < 4.78 is 0. The van der Waals surface area contributed by atoms with Crippen LogP contribution < -0.4 is 11.1 Å². The first-order chi connectivity index (χ1) is 10.9. The van der Waals surface area contributed by atoms with Gasteiger partial charge in [-0.1, -0.05) is 20.3 Å². The highest BCUT2D eigenvalue weighted by molar-refractivity contribution is 5.91. The van der Waals surface area contributed by atoms with Crippen LogP contribution in [0.5, 0.6) is 0 Å². The molecule has 0 saturated carbocycles. The van der Waals surface area contributed by atoms with E-state index in [0.29, 0.717) is 18.9 Å². The molecule has 3 N–H and O–H groups in total. The quantitative estimate of drug-likeness (QED) is 0.884. The SMILES string of the molecule is CCC(C)C(N)C(=O)N1CCCN1C(=O)Nc1cc(C)ccn1. The number of nitrogens with one attached hydrogen (secondary N) is 1. The van der Waals surface area contributed by atoms with E-state index in [2.05, 4.69) is 10.3 Å². The van der Waals surface area contributed by atoms with Crippen molar-refractivity contribution in [2.45, 2.75) is 39.7 Å². The molecule has 1 fully saturated rings. The molecule has 2 unspecified atom stereocenters. The molecule has 1 aromatic rings. The number of aromatic nitrogens is 1. The molecule has 1 aliphatic heterocycles. The maximum Gasteiger partial charge on any atom is 0.341 e. The molecule has 2 atom stereocenters. The van der Waals surface area contributed by atoms with E-state index in [4.69, 9.17) is 5.73 Å². The summed E-state index contributed by atoms with van der Waals surface area (Å²) in [6, 6.07) is 2.69. The van der Waals surface area contributed by atoms with Gasteiger partial charge in [0.2, 0.25) is 0 Å². The van der Waals surface area contributed by atoms with E-state index in [1.54, 1.807) is 12.3 Å². The lowest BCUT2D eigenvalue weighted by atomic mass is 9.99. The molecule has 7 nitrogen and oxygen atoms in total. The Labute approximate surface area is 136 Å². The van der Waals surface area contributed by atoms with Crippen LogP contribution in [0.15, 0.2) is 18.3 Å². The Kier molecular flexibility index (Phi) is 5.54. The van der Waals surface area contributed by atoms with Gasteiger partial charge in [-0.2, -0.15) is 0 Å². The van der Waals surface area contributed by atoms with Crippen molar-refractivity contribution in [3.05, 3.63) is 23.9 Å². The molecule has 0 aliphatic carbocycles. The third-order valence-electron chi connectivity index (χ3n) is 4.21. The third kappa shape index (κ3) is 3.98. The smallest absolute Gasteiger partial charge is 0.320 e. The highest BCUT2D eigenvalue weighted by Crippen LogP contribution is 2.17. The van der Waals surface area contributed by atoms with Crippen molar-refractivity contribution in [3.63, 3.8) is 0 Å². The Morgan fingerprint density at radius 3 is 2.74 bits per heavy atom. The lowest BCUT2D eigenvalue weighted by Crippen LogP contribution is -2.53. The number of carbonyl (C=O) groups is 2. The van der Waals surface area contributed by atoms with Gasteiger partial charge in [0.1, 0.15) is 5.82 Å². The number of rotatable bonds is 4. The molecule has 7 heteroatoms. The number of hydrogen-bond donors (Lipinski definition) is 2. The van der Waals surface area contributed by atoms with Crippen molar-refractivity contribution in [2.24, 2.45) is 11.7 Å². The summed E-state index contributed by atoms with van der Waals surface area (Å²) in [6.45, 7) is 6.87. The number of pyridine rings is 1. The summed E-state index contributed by atoms with van der Waals surface area (Å²) in [5.41, 5.74) is 7.03. The Morgan fingerprint density at radius 2 is 2.09 bits per heavy atom. The molecular weight excluding hydrogens is 294 g/mol. The van der Waals surface area contributed by atoms with Gasteiger partial charge in [0.05, 0.1) is 6.04 Å². The highest BCUT2D eigenvalue weighted by Gasteiger charge is 2.34. The first kappa shape index (κ1) is 17.2. The number of amides is 3. The van der Waals surface area contributed by atoms with Gasteiger partial charge in [0.15, 0.2) is 0 Å². The normalized spacial score (nSPS) is 17.0. The van der Waals surface area contributed by atoms with Crippen LogP contribution in [0, 0.1) is 12.8 Å². The molecule has 1 aromatic heterocycles. The van der Waals surface area contributed by atoms with Gasteiger partial charge in [-0.05, 0) is 37.0 Å². The molecule has 126 valence electrons. The fourth-order valence-corrected chi connectivity index (χ4v) is 2.50. The summed E-state index contributed by atoms with van der Waals surface area (Å²) in [7, 11) is 0. The van der Waals surface area contributed by atoms with E-state index in [1.165, 1.54) is 10.0 Å². The van der Waals surface area contributed by atoms with E-state index in [-0.39, 0.29) is 17.9 Å². The maximum absolute atomic E-state index is 12.5. The minimum Gasteiger partial charge on any atom is -0.320 e. The zero-order chi connectivity index (χ0) is 17.0. The van der Waals surface area contributed by atoms with E-state index in [1.807, 2.05) is 26.8 Å². The topological polar surface area (TPSA) is 91.6 Å². The molecule has 3 amide bonds. The van der Waals surface area contributed by atoms with Crippen LogP contribution in [-0.2, 0) is 4.79 Å². The van der Waals surface area contributed by atoms with Crippen LogP contribution in [-0.4, -0.2) is 46.1 Å². The van der Waals surface area contributed by atoms with Gasteiger partial charge in [0.25, 0.3) is 5.91 Å². The molecule has 23 heavy (non-hydrogen) atoms. The average Bonchev–Trinajstić information content (AvgIpc) is 3.02. The van der Waals surface area contributed by atoms with Gasteiger partial charge in [0, 0.05) is 19.3 Å². The number of nitrogens with zero attached hydrogens (tertiary/aromatic N) is 3. The minimum atomic E-state index is -0.592. The summed E-state index contributed by atoms with van der Waals surface area (Å²) >= 11 is 0. The Hall–Kier alpha value is -2.15. The summed E-state index contributed by atoms with van der Waals surface area (Å²) in [5.74, 6) is 0.344. The number of aryl methyl sites for hydroxylation is 1. The number of nitrogens with two attached hydrogens (primary N) is 1. The van der Waals surface area contributed by atoms with Gasteiger partial charge < -0.3 is 5.73 Å². The van der Waals surface area contributed by atoms with Crippen LogP contribution in [0.1, 0.15) is 32.3 Å². The molecule has 0 spiro atoms. The number of hydrogen-bond acceptors (Lipinski definition) is 4. The van der Waals surface area contributed by atoms with Gasteiger partial charge in [-0.15, -0.1) is 0 Å². The first-order valence-electron chi connectivity index (χ1n) is 8.02. The van der Waals surface area contributed by atoms with Crippen molar-refractivity contribution in [1.29, 1.82) is 0 Å². The van der Waals surface area contributed by atoms with Crippen molar-refractivity contribution >= 4 is 17.8 Å². The van der Waals surface area contributed by atoms with Crippen molar-refractivity contribution < 1.29 is 9.59 Å². The highest BCUT2D eigenvalue weighted by atomic mass is 16.2. The predicted molar refractivity (Wildman–Crippen MR) is 88.5 cm³/mol. The second kappa shape index (κ2) is 7.41. The molecular formula is C16H25N5O2. The van der Waals surface area contributed by atoms with Crippen molar-refractivity contribution in [1.82, 2.24) is 15.0 Å². The van der Waals surface area contributed by atoms with Crippen LogP contribution >= 0.6 is 0 Å². The average molecular weight is 319 g/mol. The van der Waals surface area contributed by atoms with Crippen LogP contribution in [0.25, 0.3) is 0 Å². The summed E-state index contributed by atoms with van der Waals surface area (Å²) in [4.78, 5) is 29.1. The number of hydrazine groups is 1. The molecule has 2 rings (SSSR count). The molecule has 1 saturated heterocycles. The monoisotopic (exact) mass is 319 g/mol. The van der Waals surface area contributed by atoms with Crippen molar-refractivity contribution in [3.8, 4) is 0 Å². The second-order valence-electron chi connectivity index (χ2n) is 6.00. The van der Waals surface area contributed by atoms with Gasteiger partial charge >= 0.3 is 6.03 Å². The fraction of sp³-hybridized carbons (Fsp3) is 0.562. The summed E-state index contributed by atoms with van der Waals surface area (Å²) in [6.07, 6.45) is 3.20. The standard InChI is InChI=1S/C16H25N5O2/c1-4-12(3)14(17)15(22)20-8-5-9-21(20)16(23)19-13-10-11(2)6-7-18-13/h6-7,10,12,14H,4-5,8-9,17H2,1-3H3,(H,18,19,23). The number of urea groups is 1. The zero-order valence-corrected chi connectivity index (χ0v) is 14.0. The van der Waals surface area contributed by atoms with Crippen LogP contribution in [0.2, 0.25) is 0 Å². The predicted octanol–water partition coefficient (Wildman–Crippen LogP) is 1.74. The van der Waals surface area contributed by atoms with Gasteiger partial charge in [-0.3, -0.25) is 10.1 Å². The Balaban J connectivity index is 2.06. The first-order valence-corrected chi connectivity index (χ1v) is 8.02. The molecule has 2 heterocycles. The lowest BCUT2D eigenvalue weighted by Gasteiger charge is -2.31. The Bertz CT molecular complexity index is 577. The molecule has 0 bridgehead atoms. The number of anilines is 1. The third-order valence-corrected chi connectivity index (χ3v) is 4.21. The number of carbonyl (C=O) groups excluding carboxylic acids is 2. The summed E-state index contributed by atoms with van der Waals surface area (Å²) in [5, 5.41) is 5.62. The maximum atomic E-state index is 12.5. The van der Waals surface area contributed by atoms with E-state index < -0.39 is 6.04 Å². The zero-order valence-electron chi connectivity index (χ0n) is 14.0. The fourth-order valence-electron chi connectivity index (χ4n) is 2.50. The van der Waals surface area contributed by atoms with E-state index in [9.17, 15) is 9.59 Å². The largest absolute Gasteiger partial charge is 0.341 e. The second-order valence-corrected chi connectivity index (χ2v) is 6.00. The van der Waals surface area contributed by atoms with E-state index >= 15 is 0 Å². The van der Waals surface area contributed by atoms with Crippen molar-refractivity contribution in [2.75, 3.05) is 18.4 Å². The van der Waals surface area contributed by atoms with Gasteiger partial charge in [-0.25, -0.2) is 19.8 Å².